The fourth-order valence-corrected chi connectivity index (χ4v) is 3.03. The molecule has 0 aliphatic carbocycles. The summed E-state index contributed by atoms with van der Waals surface area (Å²) in [7, 11) is 0. The van der Waals surface area contributed by atoms with Crippen molar-refractivity contribution in [1.29, 1.82) is 0 Å². The number of ether oxygens (including phenoxy) is 1. The Balaban J connectivity index is 2.24. The maximum absolute atomic E-state index is 12.8. The molecular weight excluding hydrogens is 334 g/mol. The van der Waals surface area contributed by atoms with Gasteiger partial charge in [0.2, 0.25) is 5.95 Å². The Bertz CT molecular complexity index is 930. The summed E-state index contributed by atoms with van der Waals surface area (Å²) >= 11 is 0. The second-order valence-corrected chi connectivity index (χ2v) is 5.90. The van der Waals surface area contributed by atoms with Crippen LogP contribution in [0.15, 0.2) is 22.2 Å². The van der Waals surface area contributed by atoms with Gasteiger partial charge in [-0.15, -0.1) is 6.58 Å². The molecule has 0 spiro atoms. The Morgan fingerprint density at radius 2 is 2.24 bits per heavy atom. The van der Waals surface area contributed by atoms with Gasteiger partial charge in [0.15, 0.2) is 17.4 Å². The first-order chi connectivity index (χ1) is 11.8. The molecule has 3 atom stereocenters. The van der Waals surface area contributed by atoms with Gasteiger partial charge in [-0.2, -0.15) is 4.98 Å². The highest BCUT2D eigenvalue weighted by Gasteiger charge is 2.49. The maximum atomic E-state index is 12.8. The summed E-state index contributed by atoms with van der Waals surface area (Å²) in [5, 5.41) is 29.9. The zero-order chi connectivity index (χ0) is 18.4. The second kappa shape index (κ2) is 6.11. The van der Waals surface area contributed by atoms with Crippen LogP contribution in [-0.4, -0.2) is 59.3 Å². The van der Waals surface area contributed by atoms with Crippen molar-refractivity contribution in [3.63, 3.8) is 0 Å². The van der Waals surface area contributed by atoms with Crippen LogP contribution in [0.1, 0.15) is 12.6 Å². The number of aromatic amines is 1. The Morgan fingerprint density at radius 1 is 1.52 bits per heavy atom. The van der Waals surface area contributed by atoms with Gasteiger partial charge in [0.1, 0.15) is 11.7 Å². The van der Waals surface area contributed by atoms with Crippen LogP contribution >= 0.6 is 0 Å². The molecule has 0 radical (unpaired) electrons. The van der Waals surface area contributed by atoms with E-state index in [2.05, 4.69) is 16.5 Å². The van der Waals surface area contributed by atoms with Gasteiger partial charge in [-0.05, 0) is 0 Å². The number of aliphatic hydroxyl groups is 3. The predicted molar refractivity (Wildman–Crippen MR) is 86.9 cm³/mol. The first kappa shape index (κ1) is 17.4. The molecule has 2 aromatic heterocycles. The van der Waals surface area contributed by atoms with E-state index in [4.69, 9.17) is 15.6 Å². The minimum Gasteiger partial charge on any atom is -0.396 e. The zero-order valence-corrected chi connectivity index (χ0v) is 13.3. The van der Waals surface area contributed by atoms with E-state index in [9.17, 15) is 19.8 Å². The van der Waals surface area contributed by atoms with Crippen molar-refractivity contribution in [2.24, 2.45) is 0 Å². The van der Waals surface area contributed by atoms with Crippen molar-refractivity contribution in [2.45, 2.75) is 30.9 Å². The van der Waals surface area contributed by atoms with E-state index in [-0.39, 0.29) is 43.3 Å². The number of anilines is 1. The number of fused-ring (bicyclic) bond motifs is 1. The van der Waals surface area contributed by atoms with Crippen LogP contribution in [0.2, 0.25) is 0 Å². The third-order valence-corrected chi connectivity index (χ3v) is 4.27. The van der Waals surface area contributed by atoms with E-state index in [1.54, 1.807) is 0 Å². The number of rotatable bonds is 5. The molecule has 1 fully saturated rings. The molecule has 3 heterocycles. The third kappa shape index (κ3) is 2.57. The predicted octanol–water partition coefficient (Wildman–Crippen LogP) is -2.34. The maximum Gasteiger partial charge on any atom is 0.333 e. The average molecular weight is 353 g/mol. The largest absolute Gasteiger partial charge is 0.396 e. The summed E-state index contributed by atoms with van der Waals surface area (Å²) < 4.78 is 7.49. The van der Waals surface area contributed by atoms with E-state index >= 15 is 0 Å². The van der Waals surface area contributed by atoms with Crippen LogP contribution in [0.25, 0.3) is 11.2 Å². The lowest BCUT2D eigenvalue weighted by Crippen LogP contribution is -2.44. The molecule has 11 heteroatoms. The van der Waals surface area contributed by atoms with E-state index in [1.807, 2.05) is 0 Å². The van der Waals surface area contributed by atoms with Crippen molar-refractivity contribution < 1.29 is 20.1 Å². The molecule has 136 valence electrons. The smallest absolute Gasteiger partial charge is 0.333 e. The highest BCUT2D eigenvalue weighted by molar-refractivity contribution is 5.71. The molecule has 11 nitrogen and oxygen atoms in total. The molecule has 0 bridgehead atoms. The molecule has 0 amide bonds. The van der Waals surface area contributed by atoms with Gasteiger partial charge in [0.05, 0.1) is 6.61 Å². The lowest BCUT2D eigenvalue weighted by molar-refractivity contribution is -0.0714. The van der Waals surface area contributed by atoms with Gasteiger partial charge in [-0.3, -0.25) is 14.3 Å². The number of hydrogen-bond donors (Lipinski definition) is 5. The highest BCUT2D eigenvalue weighted by Crippen LogP contribution is 2.34. The quantitative estimate of drug-likeness (QED) is 0.372. The van der Waals surface area contributed by atoms with Gasteiger partial charge in [-0.1, -0.05) is 6.08 Å². The number of hydrogen-bond acceptors (Lipinski definition) is 8. The molecule has 0 saturated carbocycles. The van der Waals surface area contributed by atoms with E-state index in [0.717, 1.165) is 9.13 Å². The fraction of sp³-hybridized carbons (Fsp3) is 0.500. The van der Waals surface area contributed by atoms with Crippen LogP contribution in [0, 0.1) is 0 Å². The normalized spacial score (nSPS) is 26.4. The summed E-state index contributed by atoms with van der Waals surface area (Å²) in [6.07, 6.45) is -1.51. The SMILES string of the molecule is C=CCn1c(=O)n([C@@H]2OCC(O)(CCO)C2O)c2nc(N)[nH]c(=O)c21. The number of nitrogens with zero attached hydrogens (tertiary/aromatic N) is 3. The number of aromatic nitrogens is 4. The lowest BCUT2D eigenvalue weighted by atomic mass is 9.95. The molecule has 3 rings (SSSR count). The summed E-state index contributed by atoms with van der Waals surface area (Å²) in [6, 6.07) is 0. The van der Waals surface area contributed by atoms with Gasteiger partial charge >= 0.3 is 5.69 Å². The van der Waals surface area contributed by atoms with Crippen molar-refractivity contribution in [3.8, 4) is 0 Å². The molecule has 1 aliphatic heterocycles. The van der Waals surface area contributed by atoms with Crippen molar-refractivity contribution in [2.75, 3.05) is 18.9 Å². The summed E-state index contributed by atoms with van der Waals surface area (Å²) in [5.74, 6) is -0.208. The second-order valence-electron chi connectivity index (χ2n) is 5.90. The lowest BCUT2D eigenvalue weighted by Gasteiger charge is -2.25. The molecule has 2 aromatic rings. The number of nitrogen functional groups attached to an aromatic ring is 1. The molecule has 0 aromatic carbocycles. The van der Waals surface area contributed by atoms with Gasteiger partial charge < -0.3 is 25.8 Å². The number of imidazole rings is 1. The summed E-state index contributed by atoms with van der Waals surface area (Å²) in [6.45, 7) is 2.91. The van der Waals surface area contributed by atoms with Gasteiger partial charge in [0, 0.05) is 19.6 Å². The minimum atomic E-state index is -1.72. The fourth-order valence-electron chi connectivity index (χ4n) is 3.03. The number of nitrogens with one attached hydrogen (secondary N) is 1. The molecule has 1 saturated heterocycles. The molecular formula is C14H19N5O6. The van der Waals surface area contributed by atoms with E-state index < -0.39 is 29.2 Å². The highest BCUT2D eigenvalue weighted by atomic mass is 16.5. The molecule has 25 heavy (non-hydrogen) atoms. The van der Waals surface area contributed by atoms with Crippen molar-refractivity contribution >= 4 is 17.1 Å². The number of H-pyrrole nitrogens is 1. The number of nitrogens with two attached hydrogens (primary N) is 1. The Hall–Kier alpha value is -2.47. The summed E-state index contributed by atoms with van der Waals surface area (Å²) in [4.78, 5) is 31.3. The minimum absolute atomic E-state index is 0.0285. The monoisotopic (exact) mass is 353 g/mol. The topological polar surface area (TPSA) is 169 Å². The van der Waals surface area contributed by atoms with Crippen LogP contribution in [0.4, 0.5) is 5.95 Å². The molecule has 1 aliphatic rings. The standard InChI is InChI=1S/C14H19N5O6/c1-2-4-18-7-9(16-12(15)17-10(7)22)19(13(18)23)11-8(21)14(24,3-5-20)6-25-11/h2,8,11,20-21,24H,1,3-6H2,(H3,15,16,17,22)/t8?,11-,14?/m1/s1. The molecule has 6 N–H and O–H groups in total. The number of aliphatic hydroxyl groups excluding tert-OH is 2. The van der Waals surface area contributed by atoms with Crippen molar-refractivity contribution in [3.05, 3.63) is 33.5 Å². The Morgan fingerprint density at radius 3 is 2.88 bits per heavy atom. The third-order valence-electron chi connectivity index (χ3n) is 4.27. The van der Waals surface area contributed by atoms with Gasteiger partial charge in [-0.25, -0.2) is 9.36 Å². The van der Waals surface area contributed by atoms with Crippen LogP contribution in [0.3, 0.4) is 0 Å². The first-order valence-electron chi connectivity index (χ1n) is 7.58. The zero-order valence-electron chi connectivity index (χ0n) is 13.3. The Kier molecular flexibility index (Phi) is 4.24. The van der Waals surface area contributed by atoms with Gasteiger partial charge in [0.25, 0.3) is 5.56 Å². The van der Waals surface area contributed by atoms with Crippen molar-refractivity contribution in [1.82, 2.24) is 19.1 Å². The first-order valence-corrected chi connectivity index (χ1v) is 7.58. The van der Waals surface area contributed by atoms with Crippen LogP contribution in [0.5, 0.6) is 0 Å². The molecule has 2 unspecified atom stereocenters. The average Bonchev–Trinajstić information content (AvgIpc) is 2.96. The number of allylic oxidation sites excluding steroid dienone is 1. The van der Waals surface area contributed by atoms with Crippen LogP contribution < -0.4 is 17.0 Å². The van der Waals surface area contributed by atoms with Crippen LogP contribution in [-0.2, 0) is 11.3 Å². The Labute approximate surface area is 140 Å². The van der Waals surface area contributed by atoms with E-state index in [0.29, 0.717) is 0 Å². The van der Waals surface area contributed by atoms with E-state index in [1.165, 1.54) is 6.08 Å². The summed E-state index contributed by atoms with van der Waals surface area (Å²) in [5.41, 5.74) is 2.42.